The molecule has 0 saturated heterocycles. The normalized spacial score (nSPS) is 11.0. The van der Waals surface area contributed by atoms with E-state index in [2.05, 4.69) is 11.1 Å². The molecule has 23 heavy (non-hydrogen) atoms. The van der Waals surface area contributed by atoms with Crippen LogP contribution in [0.5, 0.6) is 0 Å². The number of fused-ring (bicyclic) bond motifs is 3. The van der Waals surface area contributed by atoms with E-state index < -0.39 is 0 Å². The second-order valence-electron chi connectivity index (χ2n) is 5.47. The van der Waals surface area contributed by atoms with Crippen LogP contribution in [-0.2, 0) is 0 Å². The van der Waals surface area contributed by atoms with Crippen molar-refractivity contribution in [2.75, 3.05) is 0 Å². The van der Waals surface area contributed by atoms with Gasteiger partial charge in [-0.15, -0.1) is 0 Å². The highest BCUT2D eigenvalue weighted by atomic mass is 35.5. The Morgan fingerprint density at radius 3 is 2.70 bits per heavy atom. The summed E-state index contributed by atoms with van der Waals surface area (Å²) >= 11 is 6.16. The maximum absolute atomic E-state index is 9.52. The molecule has 4 aromatic rings. The van der Waals surface area contributed by atoms with Crippen molar-refractivity contribution >= 4 is 28.3 Å². The van der Waals surface area contributed by atoms with Crippen molar-refractivity contribution in [3.8, 4) is 17.3 Å². The molecule has 0 amide bonds. The zero-order chi connectivity index (χ0) is 16.0. The van der Waals surface area contributed by atoms with Crippen LogP contribution < -0.4 is 0 Å². The van der Waals surface area contributed by atoms with E-state index in [1.807, 2.05) is 65.9 Å². The molecule has 0 bridgehead atoms. The number of hydrogen-bond acceptors (Lipinski definition) is 2. The molecule has 0 N–H and O–H groups in total. The molecule has 0 saturated carbocycles. The molecule has 4 rings (SSSR count). The second-order valence-corrected chi connectivity index (χ2v) is 5.91. The number of imidazole rings is 1. The molecule has 2 aromatic heterocycles. The highest BCUT2D eigenvalue weighted by molar-refractivity contribution is 6.30. The number of benzene rings is 2. The average Bonchev–Trinajstić information content (AvgIpc) is 2.93. The van der Waals surface area contributed by atoms with Gasteiger partial charge in [0.2, 0.25) is 0 Å². The van der Waals surface area contributed by atoms with Crippen LogP contribution in [0.25, 0.3) is 27.9 Å². The number of nitrogens with zero attached hydrogens (tertiary/aromatic N) is 3. The third-order valence-corrected chi connectivity index (χ3v) is 4.24. The predicted octanol–water partition coefficient (Wildman–Crippen LogP) is 4.99. The lowest BCUT2D eigenvalue weighted by Crippen LogP contribution is -1.97. The minimum absolute atomic E-state index is 0.604. The van der Waals surface area contributed by atoms with Crippen LogP contribution >= 0.6 is 11.6 Å². The van der Waals surface area contributed by atoms with Gasteiger partial charge in [-0.2, -0.15) is 5.26 Å². The van der Waals surface area contributed by atoms with Gasteiger partial charge >= 0.3 is 0 Å². The van der Waals surface area contributed by atoms with E-state index in [0.717, 1.165) is 27.9 Å². The van der Waals surface area contributed by atoms with Crippen molar-refractivity contribution in [2.24, 2.45) is 0 Å². The molecule has 2 aromatic carbocycles. The van der Waals surface area contributed by atoms with Gasteiger partial charge in [-0.25, -0.2) is 4.98 Å². The minimum Gasteiger partial charge on any atom is -0.291 e. The number of aromatic nitrogens is 2. The molecule has 0 aliphatic rings. The van der Waals surface area contributed by atoms with Gasteiger partial charge < -0.3 is 0 Å². The fourth-order valence-corrected chi connectivity index (χ4v) is 3.14. The van der Waals surface area contributed by atoms with E-state index >= 15 is 0 Å². The highest BCUT2D eigenvalue weighted by Crippen LogP contribution is 2.30. The summed E-state index contributed by atoms with van der Waals surface area (Å²) in [5, 5.41) is 10.2. The van der Waals surface area contributed by atoms with E-state index in [1.165, 1.54) is 0 Å². The van der Waals surface area contributed by atoms with Gasteiger partial charge in [0.15, 0.2) is 5.65 Å². The summed E-state index contributed by atoms with van der Waals surface area (Å²) in [7, 11) is 0. The molecule has 3 nitrogen and oxygen atoms in total. The third-order valence-electron chi connectivity index (χ3n) is 4.01. The largest absolute Gasteiger partial charge is 0.291 e. The first-order valence-electron chi connectivity index (χ1n) is 7.26. The Bertz CT molecular complexity index is 1100. The van der Waals surface area contributed by atoms with Crippen molar-refractivity contribution in [2.45, 2.75) is 6.92 Å². The Balaban J connectivity index is 2.22. The lowest BCUT2D eigenvalue weighted by Gasteiger charge is -2.10. The van der Waals surface area contributed by atoms with Gasteiger partial charge in [-0.3, -0.25) is 4.40 Å². The molecule has 0 atom stereocenters. The van der Waals surface area contributed by atoms with Gasteiger partial charge in [-0.1, -0.05) is 35.9 Å². The molecule has 0 fully saturated rings. The standard InChI is InChI=1S/C19H12ClN3/c1-12-9-18(13-5-4-6-14(20)10-13)23-17-8-3-2-7-16(17)22-19(23)15(12)11-21/h2-10H,1H3. The zero-order valence-electron chi connectivity index (χ0n) is 12.4. The van der Waals surface area contributed by atoms with Crippen molar-refractivity contribution in [1.82, 2.24) is 9.38 Å². The Kier molecular flexibility index (Phi) is 3.07. The van der Waals surface area contributed by atoms with Crippen LogP contribution in [0.1, 0.15) is 11.1 Å². The summed E-state index contributed by atoms with van der Waals surface area (Å²) in [6.07, 6.45) is 0. The van der Waals surface area contributed by atoms with Crippen molar-refractivity contribution in [3.63, 3.8) is 0 Å². The summed E-state index contributed by atoms with van der Waals surface area (Å²) in [6, 6.07) is 19.9. The fourth-order valence-electron chi connectivity index (χ4n) is 2.95. The number of para-hydroxylation sites is 2. The van der Waals surface area contributed by atoms with Crippen molar-refractivity contribution in [3.05, 3.63) is 70.7 Å². The van der Waals surface area contributed by atoms with Gasteiger partial charge in [-0.05, 0) is 42.8 Å². The van der Waals surface area contributed by atoms with Crippen molar-refractivity contribution in [1.29, 1.82) is 5.26 Å². The fraction of sp³-hybridized carbons (Fsp3) is 0.0526. The molecular weight excluding hydrogens is 306 g/mol. The molecule has 2 heterocycles. The minimum atomic E-state index is 0.604. The molecule has 0 radical (unpaired) electrons. The average molecular weight is 318 g/mol. The maximum atomic E-state index is 9.52. The van der Waals surface area contributed by atoms with Gasteiger partial charge in [0, 0.05) is 10.6 Å². The quantitative estimate of drug-likeness (QED) is 0.496. The van der Waals surface area contributed by atoms with E-state index in [4.69, 9.17) is 11.6 Å². The zero-order valence-corrected chi connectivity index (χ0v) is 13.2. The van der Waals surface area contributed by atoms with Gasteiger partial charge in [0.25, 0.3) is 0 Å². The number of halogens is 1. The molecule has 0 spiro atoms. The predicted molar refractivity (Wildman–Crippen MR) is 92.6 cm³/mol. The molecule has 0 aliphatic heterocycles. The van der Waals surface area contributed by atoms with Crippen LogP contribution in [0.2, 0.25) is 5.02 Å². The number of aryl methyl sites for hydroxylation is 1. The summed E-state index contributed by atoms with van der Waals surface area (Å²) in [5.74, 6) is 0. The Hall–Kier alpha value is -2.83. The lowest BCUT2D eigenvalue weighted by molar-refractivity contribution is 1.19. The summed E-state index contributed by atoms with van der Waals surface area (Å²) < 4.78 is 2.03. The first-order chi connectivity index (χ1) is 11.2. The molecule has 0 aliphatic carbocycles. The SMILES string of the molecule is Cc1cc(-c2cccc(Cl)c2)n2c(nc3ccccc32)c1C#N. The topological polar surface area (TPSA) is 41.1 Å². The van der Waals surface area contributed by atoms with Crippen molar-refractivity contribution < 1.29 is 0 Å². The molecule has 4 heteroatoms. The molecular formula is C19H12ClN3. The van der Waals surface area contributed by atoms with Crippen LogP contribution in [0.15, 0.2) is 54.6 Å². The second kappa shape index (κ2) is 5.12. The third kappa shape index (κ3) is 2.08. The van der Waals surface area contributed by atoms with E-state index in [1.54, 1.807) is 0 Å². The first-order valence-corrected chi connectivity index (χ1v) is 7.63. The van der Waals surface area contributed by atoms with Crippen LogP contribution in [0, 0.1) is 18.3 Å². The number of hydrogen-bond donors (Lipinski definition) is 0. The number of pyridine rings is 1. The molecule has 110 valence electrons. The maximum Gasteiger partial charge on any atom is 0.156 e. The molecule has 0 unspecified atom stereocenters. The van der Waals surface area contributed by atoms with E-state index in [9.17, 15) is 5.26 Å². The van der Waals surface area contributed by atoms with Crippen LogP contribution in [0.3, 0.4) is 0 Å². The van der Waals surface area contributed by atoms with E-state index in [-0.39, 0.29) is 0 Å². The van der Waals surface area contributed by atoms with Gasteiger partial charge in [0.1, 0.15) is 6.07 Å². The Morgan fingerprint density at radius 1 is 1.09 bits per heavy atom. The number of nitriles is 1. The van der Waals surface area contributed by atoms with Crippen LogP contribution in [-0.4, -0.2) is 9.38 Å². The van der Waals surface area contributed by atoms with E-state index in [0.29, 0.717) is 16.2 Å². The van der Waals surface area contributed by atoms with Crippen LogP contribution in [0.4, 0.5) is 0 Å². The smallest absolute Gasteiger partial charge is 0.156 e. The summed E-state index contributed by atoms with van der Waals surface area (Å²) in [5.41, 5.74) is 6.03. The Labute approximate surface area is 138 Å². The Morgan fingerprint density at radius 2 is 1.91 bits per heavy atom. The highest BCUT2D eigenvalue weighted by Gasteiger charge is 2.15. The first kappa shape index (κ1) is 13.8. The lowest BCUT2D eigenvalue weighted by atomic mass is 10.1. The number of rotatable bonds is 1. The van der Waals surface area contributed by atoms with Gasteiger partial charge in [0.05, 0.1) is 22.3 Å². The summed E-state index contributed by atoms with van der Waals surface area (Å²) in [4.78, 5) is 4.66. The monoisotopic (exact) mass is 317 g/mol. The summed E-state index contributed by atoms with van der Waals surface area (Å²) in [6.45, 7) is 1.94.